The van der Waals surface area contributed by atoms with Gasteiger partial charge in [0.25, 0.3) is 0 Å². The zero-order chi connectivity index (χ0) is 13.4. The maximum atomic E-state index is 6.26. The van der Waals surface area contributed by atoms with Gasteiger partial charge < -0.3 is 10.6 Å². The van der Waals surface area contributed by atoms with Gasteiger partial charge in [0, 0.05) is 29.4 Å². The summed E-state index contributed by atoms with van der Waals surface area (Å²) in [7, 11) is 0. The van der Waals surface area contributed by atoms with Crippen LogP contribution < -0.4 is 10.6 Å². The van der Waals surface area contributed by atoms with Crippen molar-refractivity contribution in [3.8, 4) is 0 Å². The Kier molecular flexibility index (Phi) is 3.37. The minimum absolute atomic E-state index is 0.660. The van der Waals surface area contributed by atoms with Crippen molar-refractivity contribution in [2.24, 2.45) is 0 Å². The normalized spacial score (nSPS) is 14.3. The standard InChI is InChI=1S/C14H13BrClN3/c15-10-6-12(16)14(18-7-10)19-5-4-9-2-1-3-13(17)11(9)8-19/h1-3,6-7H,4-5,8,17H2. The molecule has 0 aliphatic carbocycles. The fraction of sp³-hybridized carbons (Fsp3) is 0.214. The van der Waals surface area contributed by atoms with Gasteiger partial charge in [0.05, 0.1) is 5.02 Å². The van der Waals surface area contributed by atoms with Gasteiger partial charge in [-0.05, 0) is 45.6 Å². The Morgan fingerprint density at radius 3 is 3.00 bits per heavy atom. The van der Waals surface area contributed by atoms with Crippen LogP contribution in [0.15, 0.2) is 34.9 Å². The molecule has 0 saturated carbocycles. The van der Waals surface area contributed by atoms with E-state index in [1.807, 2.05) is 18.2 Å². The topological polar surface area (TPSA) is 42.1 Å². The number of anilines is 2. The van der Waals surface area contributed by atoms with Crippen molar-refractivity contribution < 1.29 is 0 Å². The fourth-order valence-corrected chi connectivity index (χ4v) is 3.18. The zero-order valence-electron chi connectivity index (χ0n) is 10.2. The molecule has 98 valence electrons. The third-order valence-electron chi connectivity index (χ3n) is 3.40. The first-order valence-corrected chi connectivity index (χ1v) is 7.24. The second-order valence-corrected chi connectivity index (χ2v) is 5.94. The maximum Gasteiger partial charge on any atom is 0.147 e. The largest absolute Gasteiger partial charge is 0.398 e. The van der Waals surface area contributed by atoms with Crippen LogP contribution in [0.3, 0.4) is 0 Å². The quantitative estimate of drug-likeness (QED) is 0.807. The number of hydrogen-bond donors (Lipinski definition) is 1. The predicted molar refractivity (Wildman–Crippen MR) is 82.6 cm³/mol. The van der Waals surface area contributed by atoms with E-state index in [4.69, 9.17) is 17.3 Å². The lowest BCUT2D eigenvalue weighted by Gasteiger charge is -2.31. The second-order valence-electron chi connectivity index (χ2n) is 4.62. The van der Waals surface area contributed by atoms with Gasteiger partial charge >= 0.3 is 0 Å². The van der Waals surface area contributed by atoms with E-state index in [0.29, 0.717) is 5.02 Å². The summed E-state index contributed by atoms with van der Waals surface area (Å²) in [5.74, 6) is 0.818. The monoisotopic (exact) mass is 337 g/mol. The lowest BCUT2D eigenvalue weighted by molar-refractivity contribution is 0.722. The number of rotatable bonds is 1. The van der Waals surface area contributed by atoms with Crippen LogP contribution in [0, 0.1) is 0 Å². The van der Waals surface area contributed by atoms with Crippen LogP contribution in [-0.4, -0.2) is 11.5 Å². The first kappa shape index (κ1) is 12.8. The molecule has 0 saturated heterocycles. The summed E-state index contributed by atoms with van der Waals surface area (Å²) in [5.41, 5.74) is 9.41. The third-order valence-corrected chi connectivity index (χ3v) is 4.11. The third kappa shape index (κ3) is 2.42. The van der Waals surface area contributed by atoms with Crippen LogP contribution >= 0.6 is 27.5 Å². The van der Waals surface area contributed by atoms with E-state index in [2.05, 4.69) is 31.9 Å². The maximum absolute atomic E-state index is 6.26. The molecule has 0 bridgehead atoms. The van der Waals surface area contributed by atoms with E-state index in [1.54, 1.807) is 6.20 Å². The number of benzene rings is 1. The number of nitrogen functional groups attached to an aromatic ring is 1. The number of nitrogens with two attached hydrogens (primary N) is 1. The molecule has 2 heterocycles. The van der Waals surface area contributed by atoms with Crippen LogP contribution in [0.25, 0.3) is 0 Å². The molecule has 0 radical (unpaired) electrons. The first-order chi connectivity index (χ1) is 9.15. The summed E-state index contributed by atoms with van der Waals surface area (Å²) in [6.45, 7) is 1.67. The molecule has 3 rings (SSSR count). The summed E-state index contributed by atoms with van der Waals surface area (Å²) in [4.78, 5) is 6.58. The number of pyridine rings is 1. The summed E-state index contributed by atoms with van der Waals surface area (Å²) >= 11 is 9.64. The summed E-state index contributed by atoms with van der Waals surface area (Å²) in [6.07, 6.45) is 2.74. The van der Waals surface area contributed by atoms with E-state index in [9.17, 15) is 0 Å². The molecule has 5 heteroatoms. The molecule has 0 amide bonds. The lowest BCUT2D eigenvalue weighted by atomic mass is 9.98. The fourth-order valence-electron chi connectivity index (χ4n) is 2.43. The van der Waals surface area contributed by atoms with Crippen molar-refractivity contribution >= 4 is 39.0 Å². The molecule has 0 spiro atoms. The second kappa shape index (κ2) is 5.02. The molecule has 2 aromatic rings. The van der Waals surface area contributed by atoms with Gasteiger partial charge in [0.15, 0.2) is 0 Å². The Morgan fingerprint density at radius 2 is 2.21 bits per heavy atom. The highest BCUT2D eigenvalue weighted by molar-refractivity contribution is 9.10. The molecule has 3 nitrogen and oxygen atoms in total. The number of aromatic nitrogens is 1. The van der Waals surface area contributed by atoms with Crippen molar-refractivity contribution in [1.82, 2.24) is 4.98 Å². The van der Waals surface area contributed by atoms with Gasteiger partial charge in [-0.3, -0.25) is 0 Å². The Bertz CT molecular complexity index is 630. The molecule has 0 atom stereocenters. The minimum Gasteiger partial charge on any atom is -0.398 e. The van der Waals surface area contributed by atoms with E-state index >= 15 is 0 Å². The van der Waals surface area contributed by atoms with Gasteiger partial charge in [-0.2, -0.15) is 0 Å². The van der Waals surface area contributed by atoms with Gasteiger partial charge in [-0.25, -0.2) is 4.98 Å². The van der Waals surface area contributed by atoms with Gasteiger partial charge in [0.2, 0.25) is 0 Å². The molecule has 2 N–H and O–H groups in total. The van der Waals surface area contributed by atoms with Crippen LogP contribution in [0.1, 0.15) is 11.1 Å². The SMILES string of the molecule is Nc1cccc2c1CN(c1ncc(Br)cc1Cl)CC2. The Labute approximate surface area is 125 Å². The number of halogens is 2. The number of nitrogens with zero attached hydrogens (tertiary/aromatic N) is 2. The molecule has 1 aliphatic heterocycles. The van der Waals surface area contributed by atoms with Crippen LogP contribution in [0.5, 0.6) is 0 Å². The molecular weight excluding hydrogens is 326 g/mol. The molecule has 19 heavy (non-hydrogen) atoms. The van der Waals surface area contributed by atoms with E-state index in [-0.39, 0.29) is 0 Å². The lowest BCUT2D eigenvalue weighted by Crippen LogP contribution is -2.31. The smallest absolute Gasteiger partial charge is 0.147 e. The molecule has 1 aromatic heterocycles. The molecule has 0 fully saturated rings. The Morgan fingerprint density at radius 1 is 1.37 bits per heavy atom. The Balaban J connectivity index is 1.95. The van der Waals surface area contributed by atoms with Crippen LogP contribution in [0.2, 0.25) is 5.02 Å². The van der Waals surface area contributed by atoms with Gasteiger partial charge in [-0.15, -0.1) is 0 Å². The highest BCUT2D eigenvalue weighted by Crippen LogP contribution is 2.31. The minimum atomic E-state index is 0.660. The highest BCUT2D eigenvalue weighted by atomic mass is 79.9. The van der Waals surface area contributed by atoms with E-state index < -0.39 is 0 Å². The van der Waals surface area contributed by atoms with Gasteiger partial charge in [-0.1, -0.05) is 23.7 Å². The van der Waals surface area contributed by atoms with Gasteiger partial charge in [0.1, 0.15) is 5.82 Å². The summed E-state index contributed by atoms with van der Waals surface area (Å²) < 4.78 is 0.887. The zero-order valence-corrected chi connectivity index (χ0v) is 12.6. The van der Waals surface area contributed by atoms with Crippen molar-refractivity contribution in [3.05, 3.63) is 51.1 Å². The average molecular weight is 339 g/mol. The first-order valence-electron chi connectivity index (χ1n) is 6.07. The molecule has 1 aromatic carbocycles. The highest BCUT2D eigenvalue weighted by Gasteiger charge is 2.20. The van der Waals surface area contributed by atoms with Crippen LogP contribution in [-0.2, 0) is 13.0 Å². The number of hydrogen-bond acceptors (Lipinski definition) is 3. The molecule has 0 unspecified atom stereocenters. The van der Waals surface area contributed by atoms with Crippen LogP contribution in [0.4, 0.5) is 11.5 Å². The van der Waals surface area contributed by atoms with E-state index in [0.717, 1.165) is 35.5 Å². The van der Waals surface area contributed by atoms with Crippen molar-refractivity contribution in [2.75, 3.05) is 17.2 Å². The molecular formula is C14H13BrClN3. The Hall–Kier alpha value is -1.26. The molecule has 1 aliphatic rings. The van der Waals surface area contributed by atoms with Crippen molar-refractivity contribution in [2.45, 2.75) is 13.0 Å². The predicted octanol–water partition coefficient (Wildman–Crippen LogP) is 3.64. The summed E-state index contributed by atoms with van der Waals surface area (Å²) in [5, 5.41) is 0.660. The van der Waals surface area contributed by atoms with Crippen molar-refractivity contribution in [1.29, 1.82) is 0 Å². The van der Waals surface area contributed by atoms with Crippen molar-refractivity contribution in [3.63, 3.8) is 0 Å². The van der Waals surface area contributed by atoms with E-state index in [1.165, 1.54) is 11.1 Å². The average Bonchev–Trinajstić information content (AvgIpc) is 2.39. The summed E-state index contributed by atoms with van der Waals surface area (Å²) in [6, 6.07) is 7.96. The number of fused-ring (bicyclic) bond motifs is 1.